The van der Waals surface area contributed by atoms with Gasteiger partial charge in [0.2, 0.25) is 5.69 Å². The molecule has 1 unspecified atom stereocenters. The van der Waals surface area contributed by atoms with E-state index in [-0.39, 0.29) is 5.69 Å². The molecule has 0 amide bonds. The molecular formula is C21H22N4O2. The maximum absolute atomic E-state index is 11.7. The molecule has 1 fully saturated rings. The van der Waals surface area contributed by atoms with Crippen LogP contribution in [-0.4, -0.2) is 39.2 Å². The standard InChI is InChI=1S/C21H22N4O2/c1-2-15-8-10-18(11-9-15)25-22-19(21(26)27)20(23-25)24-13-12-17(14-24)16-6-4-3-5-7-16/h3-11,17H,2,12-14H2,1H3,(H,26,27). The highest BCUT2D eigenvalue weighted by atomic mass is 16.4. The summed E-state index contributed by atoms with van der Waals surface area (Å²) in [5, 5.41) is 18.4. The van der Waals surface area contributed by atoms with Gasteiger partial charge in [-0.15, -0.1) is 15.0 Å². The fourth-order valence-electron chi connectivity index (χ4n) is 3.58. The van der Waals surface area contributed by atoms with E-state index in [1.807, 2.05) is 47.4 Å². The van der Waals surface area contributed by atoms with Crippen LogP contribution in [-0.2, 0) is 6.42 Å². The van der Waals surface area contributed by atoms with Crippen LogP contribution in [0.5, 0.6) is 0 Å². The van der Waals surface area contributed by atoms with E-state index in [0.29, 0.717) is 11.7 Å². The van der Waals surface area contributed by atoms with Crippen LogP contribution >= 0.6 is 0 Å². The predicted molar refractivity (Wildman–Crippen MR) is 104 cm³/mol. The van der Waals surface area contributed by atoms with Crippen molar-refractivity contribution in [3.05, 3.63) is 71.4 Å². The zero-order valence-corrected chi connectivity index (χ0v) is 15.2. The fraction of sp³-hybridized carbons (Fsp3) is 0.286. The summed E-state index contributed by atoms with van der Waals surface area (Å²) in [6.45, 7) is 3.61. The van der Waals surface area contributed by atoms with Gasteiger partial charge in [-0.2, -0.15) is 0 Å². The van der Waals surface area contributed by atoms with Crippen molar-refractivity contribution >= 4 is 11.8 Å². The van der Waals surface area contributed by atoms with E-state index in [1.165, 1.54) is 15.9 Å². The number of anilines is 1. The average molecular weight is 362 g/mol. The van der Waals surface area contributed by atoms with Crippen molar-refractivity contribution in [2.24, 2.45) is 0 Å². The second-order valence-corrected chi connectivity index (χ2v) is 6.83. The summed E-state index contributed by atoms with van der Waals surface area (Å²) in [5.41, 5.74) is 3.26. The number of hydrogen-bond acceptors (Lipinski definition) is 4. The van der Waals surface area contributed by atoms with Gasteiger partial charge in [-0.1, -0.05) is 49.4 Å². The quantitative estimate of drug-likeness (QED) is 0.752. The van der Waals surface area contributed by atoms with E-state index in [9.17, 15) is 9.90 Å². The van der Waals surface area contributed by atoms with Gasteiger partial charge in [-0.25, -0.2) is 4.79 Å². The SMILES string of the molecule is CCc1ccc(-n2nc(C(=O)O)c(N3CCC(c4ccccc4)C3)n2)cc1. The summed E-state index contributed by atoms with van der Waals surface area (Å²) >= 11 is 0. The fourth-order valence-corrected chi connectivity index (χ4v) is 3.58. The van der Waals surface area contributed by atoms with Crippen molar-refractivity contribution in [3.8, 4) is 5.69 Å². The van der Waals surface area contributed by atoms with Gasteiger partial charge in [0.15, 0.2) is 5.82 Å². The van der Waals surface area contributed by atoms with E-state index in [1.54, 1.807) is 0 Å². The number of carboxylic acid groups (broad SMARTS) is 1. The molecule has 1 aliphatic rings. The largest absolute Gasteiger partial charge is 0.476 e. The van der Waals surface area contributed by atoms with Gasteiger partial charge >= 0.3 is 5.97 Å². The van der Waals surface area contributed by atoms with E-state index >= 15 is 0 Å². The highest BCUT2D eigenvalue weighted by Crippen LogP contribution is 2.31. The summed E-state index contributed by atoms with van der Waals surface area (Å²) < 4.78 is 0. The van der Waals surface area contributed by atoms with E-state index in [2.05, 4.69) is 29.3 Å². The third-order valence-electron chi connectivity index (χ3n) is 5.13. The molecule has 0 spiro atoms. The topological polar surface area (TPSA) is 71.2 Å². The molecular weight excluding hydrogens is 340 g/mol. The van der Waals surface area contributed by atoms with Crippen molar-refractivity contribution in [1.82, 2.24) is 15.0 Å². The Balaban J connectivity index is 1.62. The van der Waals surface area contributed by atoms with Crippen molar-refractivity contribution < 1.29 is 9.90 Å². The molecule has 6 nitrogen and oxygen atoms in total. The zero-order valence-electron chi connectivity index (χ0n) is 15.2. The zero-order chi connectivity index (χ0) is 18.8. The van der Waals surface area contributed by atoms with Gasteiger partial charge in [0, 0.05) is 19.0 Å². The number of benzene rings is 2. The summed E-state index contributed by atoms with van der Waals surface area (Å²) in [6, 6.07) is 18.2. The maximum Gasteiger partial charge on any atom is 0.360 e. The van der Waals surface area contributed by atoms with Gasteiger partial charge in [0.1, 0.15) is 0 Å². The molecule has 27 heavy (non-hydrogen) atoms. The van der Waals surface area contributed by atoms with Crippen LogP contribution in [0.1, 0.15) is 40.9 Å². The molecule has 1 aromatic heterocycles. The number of carbonyl (C=O) groups is 1. The Bertz CT molecular complexity index is 935. The second-order valence-electron chi connectivity index (χ2n) is 6.83. The van der Waals surface area contributed by atoms with Crippen LogP contribution in [0.2, 0.25) is 0 Å². The average Bonchev–Trinajstić information content (AvgIpc) is 3.36. The first-order valence-corrected chi connectivity index (χ1v) is 9.25. The molecule has 0 aliphatic carbocycles. The Hall–Kier alpha value is -3.15. The summed E-state index contributed by atoms with van der Waals surface area (Å²) in [7, 11) is 0. The minimum Gasteiger partial charge on any atom is -0.476 e. The van der Waals surface area contributed by atoms with Crippen molar-refractivity contribution in [2.45, 2.75) is 25.7 Å². The Kier molecular flexibility index (Phi) is 4.62. The number of aromatic carboxylic acids is 1. The second kappa shape index (κ2) is 7.23. The minimum absolute atomic E-state index is 0.00304. The molecule has 138 valence electrons. The molecule has 1 saturated heterocycles. The van der Waals surface area contributed by atoms with Crippen LogP contribution in [0.4, 0.5) is 5.82 Å². The van der Waals surface area contributed by atoms with Gasteiger partial charge in [0.25, 0.3) is 0 Å². The Morgan fingerprint density at radius 3 is 2.52 bits per heavy atom. The first kappa shape index (κ1) is 17.3. The molecule has 0 bridgehead atoms. The number of rotatable bonds is 5. The smallest absolute Gasteiger partial charge is 0.360 e. The third kappa shape index (κ3) is 3.43. The number of aryl methyl sites for hydroxylation is 1. The highest BCUT2D eigenvalue weighted by Gasteiger charge is 2.30. The summed E-state index contributed by atoms with van der Waals surface area (Å²) in [5.74, 6) is -0.230. The van der Waals surface area contributed by atoms with Crippen LogP contribution in [0.3, 0.4) is 0 Å². The maximum atomic E-state index is 11.7. The number of nitrogens with zero attached hydrogens (tertiary/aromatic N) is 4. The Labute approximate surface area is 158 Å². The van der Waals surface area contributed by atoms with E-state index in [4.69, 9.17) is 0 Å². The predicted octanol–water partition coefficient (Wildman–Crippen LogP) is 3.52. The highest BCUT2D eigenvalue weighted by molar-refractivity contribution is 5.91. The van der Waals surface area contributed by atoms with E-state index < -0.39 is 5.97 Å². The number of aromatic nitrogens is 3. The van der Waals surface area contributed by atoms with Crippen molar-refractivity contribution in [3.63, 3.8) is 0 Å². The third-order valence-corrected chi connectivity index (χ3v) is 5.13. The van der Waals surface area contributed by atoms with Gasteiger partial charge < -0.3 is 10.0 Å². The van der Waals surface area contributed by atoms with Crippen molar-refractivity contribution in [2.75, 3.05) is 18.0 Å². The molecule has 1 N–H and O–H groups in total. The molecule has 0 radical (unpaired) electrons. The van der Waals surface area contributed by atoms with Crippen LogP contribution in [0.15, 0.2) is 54.6 Å². The van der Waals surface area contributed by atoms with Gasteiger partial charge in [0.05, 0.1) is 5.69 Å². The van der Waals surface area contributed by atoms with Crippen LogP contribution in [0, 0.1) is 0 Å². The lowest BCUT2D eigenvalue weighted by atomic mass is 9.99. The van der Waals surface area contributed by atoms with E-state index in [0.717, 1.165) is 31.6 Å². The van der Waals surface area contributed by atoms with Crippen LogP contribution < -0.4 is 4.90 Å². The molecule has 4 rings (SSSR count). The Morgan fingerprint density at radius 2 is 1.85 bits per heavy atom. The Morgan fingerprint density at radius 1 is 1.11 bits per heavy atom. The van der Waals surface area contributed by atoms with Gasteiger partial charge in [-0.3, -0.25) is 0 Å². The lowest BCUT2D eigenvalue weighted by Crippen LogP contribution is -2.22. The first-order chi connectivity index (χ1) is 13.2. The van der Waals surface area contributed by atoms with Crippen LogP contribution in [0.25, 0.3) is 5.69 Å². The molecule has 1 aliphatic heterocycles. The summed E-state index contributed by atoms with van der Waals surface area (Å²) in [6.07, 6.45) is 1.92. The summed E-state index contributed by atoms with van der Waals surface area (Å²) in [4.78, 5) is 15.2. The lowest BCUT2D eigenvalue weighted by molar-refractivity contribution is 0.0690. The molecule has 3 aromatic rings. The van der Waals surface area contributed by atoms with Crippen molar-refractivity contribution in [1.29, 1.82) is 0 Å². The number of carboxylic acids is 1. The molecule has 6 heteroatoms. The molecule has 2 aromatic carbocycles. The monoisotopic (exact) mass is 362 g/mol. The molecule has 2 heterocycles. The number of hydrogen-bond donors (Lipinski definition) is 1. The molecule has 0 saturated carbocycles. The lowest BCUT2D eigenvalue weighted by Gasteiger charge is -2.16. The molecule has 1 atom stereocenters. The first-order valence-electron chi connectivity index (χ1n) is 9.25. The minimum atomic E-state index is -1.05. The normalized spacial score (nSPS) is 16.6. The van der Waals surface area contributed by atoms with Gasteiger partial charge in [-0.05, 0) is 36.1 Å².